The van der Waals surface area contributed by atoms with Crippen LogP contribution in [0.4, 0.5) is 74.6 Å². The summed E-state index contributed by atoms with van der Waals surface area (Å²) in [5.74, 6) is -53.4. The van der Waals surface area contributed by atoms with E-state index in [1.165, 1.54) is 0 Å². The summed E-state index contributed by atoms with van der Waals surface area (Å²) >= 11 is 0. The molecule has 0 aliphatic carbocycles. The first-order valence-electron chi connectivity index (χ1n) is 9.10. The van der Waals surface area contributed by atoms with E-state index in [-0.39, 0.29) is 12.8 Å². The zero-order valence-corrected chi connectivity index (χ0v) is 19.4. The number of alkyl halides is 17. The van der Waals surface area contributed by atoms with E-state index in [9.17, 15) is 87.8 Å². The minimum Gasteiger partial charge on any atom is -0.464 e. The maximum absolute atomic E-state index is 14.0. The third kappa shape index (κ3) is 5.58. The molecule has 0 spiro atoms. The molecule has 0 atom stereocenters. The molecular formula is C15H13F17N2O4S. The molecule has 0 aromatic heterocycles. The fourth-order valence-electron chi connectivity index (χ4n) is 2.18. The number of nitrogens with one attached hydrogen (secondary N) is 1. The highest BCUT2D eigenvalue weighted by molar-refractivity contribution is 7.90. The summed E-state index contributed by atoms with van der Waals surface area (Å²) in [6.07, 6.45) is -8.71. The minimum absolute atomic E-state index is 0.183. The van der Waals surface area contributed by atoms with Gasteiger partial charge in [0.1, 0.15) is 6.61 Å². The van der Waals surface area contributed by atoms with Crippen molar-refractivity contribution in [3.63, 3.8) is 0 Å². The lowest BCUT2D eigenvalue weighted by molar-refractivity contribution is -0.458. The number of esters is 1. The molecule has 0 heterocycles. The van der Waals surface area contributed by atoms with Crippen LogP contribution in [0.15, 0.2) is 0 Å². The van der Waals surface area contributed by atoms with E-state index in [4.69, 9.17) is 5.41 Å². The van der Waals surface area contributed by atoms with E-state index in [1.807, 2.05) is 0 Å². The Kier molecular flexibility index (Phi) is 9.79. The van der Waals surface area contributed by atoms with Crippen LogP contribution in [0.5, 0.6) is 0 Å². The molecule has 1 N–H and O–H groups in total. The van der Waals surface area contributed by atoms with Gasteiger partial charge in [0.05, 0.1) is 6.42 Å². The fourth-order valence-corrected chi connectivity index (χ4v) is 3.34. The lowest BCUT2D eigenvalue weighted by atomic mass is 9.91. The zero-order chi connectivity index (χ0) is 32.1. The Balaban J connectivity index is 6.55. The van der Waals surface area contributed by atoms with Crippen molar-refractivity contribution in [1.82, 2.24) is 4.31 Å². The number of sulfonamides is 1. The summed E-state index contributed by atoms with van der Waals surface area (Å²) in [5.41, 5.74) is -0.384. The molecule has 0 bridgehead atoms. The Morgan fingerprint density at radius 1 is 0.692 bits per heavy atom. The second kappa shape index (κ2) is 10.4. The number of carbonyl (C=O) groups excluding carboxylic acids is 1. The lowest BCUT2D eigenvalue weighted by Crippen LogP contribution is -2.75. The van der Waals surface area contributed by atoms with Crippen LogP contribution in [0, 0.1) is 5.41 Å². The van der Waals surface area contributed by atoms with Gasteiger partial charge >= 0.3 is 52.9 Å². The first-order chi connectivity index (χ1) is 16.7. The van der Waals surface area contributed by atoms with Crippen LogP contribution < -0.4 is 0 Å². The van der Waals surface area contributed by atoms with Gasteiger partial charge in [-0.25, -0.2) is 8.42 Å². The van der Waals surface area contributed by atoms with E-state index >= 15 is 0 Å². The van der Waals surface area contributed by atoms with Gasteiger partial charge in [0.15, 0.2) is 0 Å². The van der Waals surface area contributed by atoms with Gasteiger partial charge in [-0.15, -0.1) is 0 Å². The van der Waals surface area contributed by atoms with Gasteiger partial charge in [-0.2, -0.15) is 78.9 Å². The van der Waals surface area contributed by atoms with E-state index in [0.29, 0.717) is 0 Å². The molecule has 0 aromatic rings. The maximum Gasteiger partial charge on any atom is 0.460 e. The Labute approximate surface area is 205 Å². The molecule has 0 aliphatic heterocycles. The number of nitrogens with zero attached hydrogens (tertiary/aromatic N) is 1. The molecular weight excluding hydrogens is 627 g/mol. The molecule has 0 amide bonds. The number of rotatable bonds is 13. The van der Waals surface area contributed by atoms with Gasteiger partial charge in [-0.1, -0.05) is 0 Å². The lowest BCUT2D eigenvalue weighted by Gasteiger charge is -2.42. The molecule has 0 saturated heterocycles. The van der Waals surface area contributed by atoms with Crippen molar-refractivity contribution in [1.29, 1.82) is 5.41 Å². The van der Waals surface area contributed by atoms with Gasteiger partial charge in [0, 0.05) is 19.3 Å². The number of carbonyl (C=O) groups is 1. The summed E-state index contributed by atoms with van der Waals surface area (Å²) in [5, 5.41) is -0.754. The molecule has 0 aromatic carbocycles. The third-order valence-corrected chi connectivity index (χ3v) is 6.41. The topological polar surface area (TPSA) is 87.5 Å². The molecule has 0 saturated carbocycles. The third-order valence-electron chi connectivity index (χ3n) is 4.51. The van der Waals surface area contributed by atoms with Crippen LogP contribution in [0.1, 0.15) is 13.3 Å². The van der Waals surface area contributed by atoms with Gasteiger partial charge in [-0.3, -0.25) is 4.79 Å². The Morgan fingerprint density at radius 2 is 1.03 bits per heavy atom. The summed E-state index contributed by atoms with van der Waals surface area (Å²) in [7, 11) is -7.63. The minimum atomic E-state index is -8.92. The van der Waals surface area contributed by atoms with E-state index in [1.54, 1.807) is 0 Å². The molecule has 0 aliphatic rings. The highest BCUT2D eigenvalue weighted by atomic mass is 32.2. The quantitative estimate of drug-likeness (QED) is 0.171. The highest BCUT2D eigenvalue weighted by Gasteiger charge is 2.96. The largest absolute Gasteiger partial charge is 0.464 e. The Bertz CT molecular complexity index is 1040. The number of halogens is 17. The molecule has 39 heavy (non-hydrogen) atoms. The summed E-state index contributed by atoms with van der Waals surface area (Å²) < 4.78 is 252. The number of hydrogen-bond acceptors (Lipinski definition) is 5. The highest BCUT2D eigenvalue weighted by Crippen LogP contribution is 2.64. The molecule has 24 heteroatoms. The standard InChI is InChI=1S/C15H13F17N2O4S/c1-6(33)5-7(35)38-4-3-34(2)39(36,37)15(31,32)13(26,27)11(22,23)9(18,19)8(16,17)10(20,21)12(24,25)14(28,29)30/h33H,3-5H2,1-2H3. The van der Waals surface area contributed by atoms with Crippen LogP contribution in [-0.2, 0) is 19.6 Å². The van der Waals surface area contributed by atoms with Crippen LogP contribution in [0.3, 0.4) is 0 Å². The van der Waals surface area contributed by atoms with E-state index in [0.717, 1.165) is 6.92 Å². The predicted octanol–water partition coefficient (Wildman–Crippen LogP) is 5.19. The van der Waals surface area contributed by atoms with Crippen molar-refractivity contribution in [3.8, 4) is 0 Å². The summed E-state index contributed by atoms with van der Waals surface area (Å²) in [6, 6.07) is 0. The Morgan fingerprint density at radius 3 is 1.36 bits per heavy atom. The first kappa shape index (κ1) is 36.9. The van der Waals surface area contributed by atoms with Crippen LogP contribution >= 0.6 is 0 Å². The van der Waals surface area contributed by atoms with Gasteiger partial charge in [-0.05, 0) is 6.92 Å². The van der Waals surface area contributed by atoms with Crippen molar-refractivity contribution in [2.45, 2.75) is 60.3 Å². The molecule has 0 unspecified atom stereocenters. The zero-order valence-electron chi connectivity index (χ0n) is 18.5. The van der Waals surface area contributed by atoms with Crippen molar-refractivity contribution in [2.75, 3.05) is 20.2 Å². The van der Waals surface area contributed by atoms with E-state index < -0.39 is 86.8 Å². The van der Waals surface area contributed by atoms with Crippen molar-refractivity contribution < 1.29 is 92.6 Å². The van der Waals surface area contributed by atoms with Crippen molar-refractivity contribution in [3.05, 3.63) is 0 Å². The van der Waals surface area contributed by atoms with Crippen LogP contribution in [0.2, 0.25) is 0 Å². The summed E-state index contributed by atoms with van der Waals surface area (Å²) in [6.45, 7) is -2.02. The van der Waals surface area contributed by atoms with Crippen molar-refractivity contribution >= 4 is 21.7 Å². The fraction of sp³-hybridized carbons (Fsp3) is 0.867. The van der Waals surface area contributed by atoms with Crippen LogP contribution in [-0.4, -0.2) is 91.6 Å². The van der Waals surface area contributed by atoms with Gasteiger partial charge in [0.25, 0.3) is 10.0 Å². The average Bonchev–Trinajstić information content (AvgIpc) is 2.71. The van der Waals surface area contributed by atoms with Gasteiger partial charge in [0.2, 0.25) is 0 Å². The Hall–Kier alpha value is -2.14. The number of hydrogen-bond donors (Lipinski definition) is 1. The molecule has 6 nitrogen and oxygen atoms in total. The number of likely N-dealkylation sites (N-methyl/N-ethyl adjacent to an activating group) is 1. The molecule has 232 valence electrons. The summed E-state index contributed by atoms with van der Waals surface area (Å²) in [4.78, 5) is 11.2. The van der Waals surface area contributed by atoms with Gasteiger partial charge < -0.3 is 10.1 Å². The maximum atomic E-state index is 14.0. The smallest absolute Gasteiger partial charge is 0.460 e. The number of ether oxygens (including phenoxy) is 1. The average molecular weight is 640 g/mol. The first-order valence-corrected chi connectivity index (χ1v) is 10.5. The normalized spacial score (nSPS) is 15.5. The molecule has 0 fully saturated rings. The predicted molar refractivity (Wildman–Crippen MR) is 91.2 cm³/mol. The molecule has 0 radical (unpaired) electrons. The van der Waals surface area contributed by atoms with Crippen molar-refractivity contribution in [2.24, 2.45) is 0 Å². The second-order valence-corrected chi connectivity index (χ2v) is 9.55. The second-order valence-electron chi connectivity index (χ2n) is 7.47. The molecule has 0 rings (SSSR count). The SMILES string of the molecule is CC(=N)CC(=O)OCCN(C)S(=O)(=O)C(F)(F)C(F)(F)C(F)(F)C(F)(F)C(F)(F)C(F)(F)C(F)(F)C(F)(F)F. The van der Waals surface area contributed by atoms with E-state index in [2.05, 4.69) is 4.74 Å². The monoisotopic (exact) mass is 640 g/mol. The van der Waals surface area contributed by atoms with Crippen LogP contribution in [0.25, 0.3) is 0 Å².